The van der Waals surface area contributed by atoms with Gasteiger partial charge < -0.3 is 40.0 Å². The molecule has 6 rings (SSSR count). The molecular weight excluding hydrogens is 830 g/mol. The van der Waals surface area contributed by atoms with Gasteiger partial charge in [0, 0.05) is 48.5 Å². The molecule has 0 saturated heterocycles. The maximum Gasteiger partial charge on any atom is 0.407 e. The van der Waals surface area contributed by atoms with Crippen molar-refractivity contribution in [2.45, 2.75) is 95.6 Å². The molecule has 3 aliphatic rings. The molecule has 332 valence electrons. The van der Waals surface area contributed by atoms with Crippen molar-refractivity contribution in [1.82, 2.24) is 15.5 Å². The number of rotatable bonds is 19. The van der Waals surface area contributed by atoms with Crippen LogP contribution in [0.15, 0.2) is 113 Å². The highest BCUT2D eigenvalue weighted by Gasteiger charge is 2.52. The van der Waals surface area contributed by atoms with Gasteiger partial charge in [0.05, 0.1) is 11.1 Å². The van der Waals surface area contributed by atoms with E-state index in [0.717, 1.165) is 22.3 Å². The van der Waals surface area contributed by atoms with Crippen LogP contribution in [0.5, 0.6) is 0 Å². The first-order valence-corrected chi connectivity index (χ1v) is 21.5. The number of carbonyl (C=O) groups excluding carboxylic acids is 6. The highest BCUT2D eigenvalue weighted by atomic mass is 35.5. The van der Waals surface area contributed by atoms with Gasteiger partial charge in [-0.1, -0.05) is 97.4 Å². The van der Waals surface area contributed by atoms with Gasteiger partial charge in [0.15, 0.2) is 6.04 Å². The number of fused-ring (bicyclic) bond motifs is 4. The second-order valence-corrected chi connectivity index (χ2v) is 16.2. The van der Waals surface area contributed by atoms with Crippen LogP contribution in [0.2, 0.25) is 0 Å². The third-order valence-corrected chi connectivity index (χ3v) is 11.6. The van der Waals surface area contributed by atoms with E-state index in [1.54, 1.807) is 42.2 Å². The number of hydrogen-bond donors (Lipinski definition) is 4. The van der Waals surface area contributed by atoms with Crippen LogP contribution in [0.3, 0.4) is 0 Å². The Hall–Kier alpha value is -6.09. The van der Waals surface area contributed by atoms with Crippen molar-refractivity contribution >= 4 is 47.1 Å². The van der Waals surface area contributed by atoms with Crippen molar-refractivity contribution < 1.29 is 53.2 Å². The van der Waals surface area contributed by atoms with Crippen LogP contribution in [-0.2, 0) is 44.8 Å². The third kappa shape index (κ3) is 10.6. The van der Waals surface area contributed by atoms with Crippen LogP contribution in [-0.4, -0.2) is 94.2 Å². The number of ether oxygens (including phenoxy) is 3. The molecule has 1 aliphatic heterocycles. The number of aliphatic hydroxyl groups is 2. The Kier molecular flexibility index (Phi) is 15.4. The first kappa shape index (κ1) is 46.4. The van der Waals surface area contributed by atoms with E-state index in [9.17, 15) is 39.0 Å². The van der Waals surface area contributed by atoms with E-state index in [0.29, 0.717) is 30.5 Å². The zero-order chi connectivity index (χ0) is 45.3. The van der Waals surface area contributed by atoms with Gasteiger partial charge in [0.2, 0.25) is 23.1 Å². The molecule has 4 atom stereocenters. The third-order valence-electron chi connectivity index (χ3n) is 11.3. The number of allylic oxidation sites excluding steroid dienone is 3. The number of hydrogen-bond acceptors (Lipinski definition) is 12. The SMILES string of the molecule is CCCC(=O)O[C@]1(C)C(=O)C2=CN(CCC[C@H](NC(=O)OCC3c4ccccc4-c4ccccc43)C(=O)N[C@H](C(=O)OCc3ccccc3)[C@@H](C)O)C(CCCO)=CC2=C(Cl)C1=O. The molecule has 3 aromatic carbocycles. The first-order valence-electron chi connectivity index (χ1n) is 21.1. The number of nitrogens with one attached hydrogen (secondary N) is 2. The minimum absolute atomic E-state index is 0.00756. The molecule has 0 unspecified atom stereocenters. The molecule has 0 bridgehead atoms. The molecule has 0 radical (unpaired) electrons. The average molecular weight is 882 g/mol. The molecular formula is C48H52ClN3O11. The van der Waals surface area contributed by atoms with Crippen LogP contribution < -0.4 is 10.6 Å². The summed E-state index contributed by atoms with van der Waals surface area (Å²) in [6, 6.07) is 21.8. The molecule has 0 aromatic heterocycles. The fourth-order valence-corrected chi connectivity index (χ4v) is 8.25. The first-order chi connectivity index (χ1) is 30.3. The van der Waals surface area contributed by atoms with Crippen molar-refractivity contribution in [3.8, 4) is 11.1 Å². The van der Waals surface area contributed by atoms with E-state index in [2.05, 4.69) is 10.6 Å². The molecule has 4 N–H and O–H groups in total. The summed E-state index contributed by atoms with van der Waals surface area (Å²) in [5, 5.41) is 25.2. The van der Waals surface area contributed by atoms with Crippen LogP contribution >= 0.6 is 11.6 Å². The molecule has 0 saturated carbocycles. The smallest absolute Gasteiger partial charge is 0.407 e. The number of amides is 2. The fourth-order valence-electron chi connectivity index (χ4n) is 7.92. The lowest BCUT2D eigenvalue weighted by Gasteiger charge is -2.36. The standard InChI is InChI=1S/C48H52ClN3O11/c1-4-14-40(55)63-48(3)43(56)37-26-52(31(17-13-24-53)25-36(37)41(49)44(48)57)23-12-22-39(45(58)51-42(29(2)54)46(59)61-27-30-15-6-5-7-16-30)50-47(60)62-28-38-34-20-10-8-18-32(34)33-19-9-11-21-35(33)38/h5-11,15-16,18-21,25-26,29,38-39,42,53-54H,4,12-14,17,22-24,27-28H2,1-3H3,(H,50,60)(H,51,58)/t29-,39+,42+,48-/m1/s1. The molecule has 14 nitrogen and oxygen atoms in total. The molecule has 2 aliphatic carbocycles. The van der Waals surface area contributed by atoms with E-state index in [-0.39, 0.29) is 67.7 Å². The van der Waals surface area contributed by atoms with Gasteiger partial charge in [0.25, 0.3) is 0 Å². The fraction of sp³-hybridized carbons (Fsp3) is 0.375. The second kappa shape index (κ2) is 20.9. The van der Waals surface area contributed by atoms with Crippen molar-refractivity contribution in [3.05, 3.63) is 130 Å². The Bertz CT molecular complexity index is 2280. The van der Waals surface area contributed by atoms with Crippen LogP contribution in [0, 0.1) is 0 Å². The zero-order valence-electron chi connectivity index (χ0n) is 35.4. The Morgan fingerprint density at radius 3 is 2.17 bits per heavy atom. The summed E-state index contributed by atoms with van der Waals surface area (Å²) in [5.74, 6) is -4.25. The molecule has 1 heterocycles. The van der Waals surface area contributed by atoms with E-state index < -0.39 is 59.3 Å². The summed E-state index contributed by atoms with van der Waals surface area (Å²) in [6.45, 7) is 4.19. The molecule has 15 heteroatoms. The molecule has 0 fully saturated rings. The highest BCUT2D eigenvalue weighted by molar-refractivity contribution is 6.49. The number of Topliss-reactive ketones (excluding diaryl/α,β-unsaturated/α-hetero) is 2. The largest absolute Gasteiger partial charge is 0.459 e. The van der Waals surface area contributed by atoms with Gasteiger partial charge in [-0.25, -0.2) is 9.59 Å². The predicted octanol–water partition coefficient (Wildman–Crippen LogP) is 5.89. The topological polar surface area (TPSA) is 198 Å². The van der Waals surface area contributed by atoms with Gasteiger partial charge in [-0.15, -0.1) is 0 Å². The van der Waals surface area contributed by atoms with Crippen LogP contribution in [0.25, 0.3) is 11.1 Å². The van der Waals surface area contributed by atoms with E-state index in [1.165, 1.54) is 20.0 Å². The van der Waals surface area contributed by atoms with Crippen molar-refractivity contribution in [1.29, 1.82) is 0 Å². The van der Waals surface area contributed by atoms with Gasteiger partial charge >= 0.3 is 18.0 Å². The summed E-state index contributed by atoms with van der Waals surface area (Å²) in [4.78, 5) is 82.5. The monoisotopic (exact) mass is 881 g/mol. The lowest BCUT2D eigenvalue weighted by atomic mass is 9.79. The van der Waals surface area contributed by atoms with Crippen LogP contribution in [0.4, 0.5) is 4.79 Å². The summed E-state index contributed by atoms with van der Waals surface area (Å²) in [7, 11) is 0. The maximum absolute atomic E-state index is 14.0. The normalized spacial score (nSPS) is 18.2. The Morgan fingerprint density at radius 2 is 1.54 bits per heavy atom. The number of nitrogens with zero attached hydrogens (tertiary/aromatic N) is 1. The molecule has 63 heavy (non-hydrogen) atoms. The van der Waals surface area contributed by atoms with Crippen molar-refractivity contribution in [2.24, 2.45) is 0 Å². The lowest BCUT2D eigenvalue weighted by molar-refractivity contribution is -0.169. The number of carbonyl (C=O) groups is 6. The minimum atomic E-state index is -2.18. The zero-order valence-corrected chi connectivity index (χ0v) is 36.2. The maximum atomic E-state index is 14.0. The number of alkyl carbamates (subject to hydrolysis) is 1. The Morgan fingerprint density at radius 1 is 0.889 bits per heavy atom. The molecule has 3 aromatic rings. The number of halogens is 1. The van der Waals surface area contributed by atoms with Gasteiger partial charge in [-0.05, 0) is 79.8 Å². The Balaban J connectivity index is 1.21. The van der Waals surface area contributed by atoms with Gasteiger partial charge in [-0.2, -0.15) is 0 Å². The highest BCUT2D eigenvalue weighted by Crippen LogP contribution is 2.45. The number of aliphatic hydroxyl groups excluding tert-OH is 2. The van der Waals surface area contributed by atoms with Crippen molar-refractivity contribution in [3.63, 3.8) is 0 Å². The summed E-state index contributed by atoms with van der Waals surface area (Å²) >= 11 is 6.57. The predicted molar refractivity (Wildman–Crippen MR) is 233 cm³/mol. The Labute approximate surface area is 370 Å². The van der Waals surface area contributed by atoms with E-state index >= 15 is 0 Å². The number of esters is 2. The van der Waals surface area contributed by atoms with E-state index in [1.807, 2.05) is 54.6 Å². The van der Waals surface area contributed by atoms with Crippen molar-refractivity contribution in [2.75, 3.05) is 19.8 Å². The van der Waals surface area contributed by atoms with Gasteiger partial charge in [-0.3, -0.25) is 19.2 Å². The number of ketones is 2. The molecule has 2 amide bonds. The molecule has 0 spiro atoms. The summed E-state index contributed by atoms with van der Waals surface area (Å²) < 4.78 is 16.6. The summed E-state index contributed by atoms with van der Waals surface area (Å²) in [5.41, 5.74) is 3.40. The minimum Gasteiger partial charge on any atom is -0.459 e. The quantitative estimate of drug-likeness (QED) is 0.0635. The van der Waals surface area contributed by atoms with Gasteiger partial charge in [0.1, 0.15) is 19.3 Å². The number of benzene rings is 3. The summed E-state index contributed by atoms with van der Waals surface area (Å²) in [6.07, 6.45) is 2.10. The average Bonchev–Trinajstić information content (AvgIpc) is 3.60. The van der Waals surface area contributed by atoms with E-state index in [4.69, 9.17) is 25.8 Å². The van der Waals surface area contributed by atoms with Crippen LogP contribution in [0.1, 0.15) is 81.9 Å². The second-order valence-electron chi connectivity index (χ2n) is 15.8. The lowest BCUT2D eigenvalue weighted by Crippen LogP contribution is -2.55.